The van der Waals surface area contributed by atoms with Gasteiger partial charge in [-0.3, -0.25) is 4.79 Å². The molecule has 0 aliphatic rings. The van der Waals surface area contributed by atoms with Crippen molar-refractivity contribution in [3.63, 3.8) is 0 Å². The second-order valence-corrected chi connectivity index (χ2v) is 6.15. The van der Waals surface area contributed by atoms with Crippen molar-refractivity contribution in [2.24, 2.45) is 0 Å². The molecule has 122 valence electrons. The fourth-order valence-electron chi connectivity index (χ4n) is 2.14. The van der Waals surface area contributed by atoms with E-state index in [0.717, 1.165) is 27.3 Å². The number of carbonyl (C=O) groups is 1. The van der Waals surface area contributed by atoms with Crippen LogP contribution in [-0.2, 0) is 11.4 Å². The molecule has 0 bridgehead atoms. The van der Waals surface area contributed by atoms with Gasteiger partial charge in [0.1, 0.15) is 12.4 Å². The Hall–Kier alpha value is -2.11. The van der Waals surface area contributed by atoms with Gasteiger partial charge in [-0.2, -0.15) is 0 Å². The lowest BCUT2D eigenvalue weighted by atomic mass is 10.1. The highest BCUT2D eigenvalue weighted by molar-refractivity contribution is 7.11. The lowest BCUT2D eigenvalue weighted by Gasteiger charge is -2.11. The van der Waals surface area contributed by atoms with Gasteiger partial charge in [-0.25, -0.2) is 0 Å². The number of carbonyl (C=O) groups excluding carboxylic acids is 1. The SMILES string of the molecule is Cc1cccc(C)c1OCCNC(=O)C=Cc1cc(CO)cs1. The average molecular weight is 331 g/mol. The second-order valence-electron chi connectivity index (χ2n) is 5.21. The van der Waals surface area contributed by atoms with Crippen LogP contribution in [0, 0.1) is 13.8 Å². The van der Waals surface area contributed by atoms with Gasteiger partial charge in [0.15, 0.2) is 0 Å². The molecule has 2 aromatic rings. The number of aliphatic hydroxyl groups is 1. The normalized spacial score (nSPS) is 10.9. The van der Waals surface area contributed by atoms with Crippen molar-refractivity contribution in [3.8, 4) is 5.75 Å². The van der Waals surface area contributed by atoms with Gasteiger partial charge in [0.2, 0.25) is 5.91 Å². The predicted molar refractivity (Wildman–Crippen MR) is 93.7 cm³/mol. The Labute approximate surface area is 140 Å². The summed E-state index contributed by atoms with van der Waals surface area (Å²) in [6.45, 7) is 4.91. The van der Waals surface area contributed by atoms with E-state index < -0.39 is 0 Å². The van der Waals surface area contributed by atoms with E-state index in [1.807, 2.05) is 43.5 Å². The first-order valence-electron chi connectivity index (χ1n) is 7.43. The zero-order chi connectivity index (χ0) is 16.7. The number of nitrogens with one attached hydrogen (secondary N) is 1. The molecule has 2 N–H and O–H groups in total. The maximum absolute atomic E-state index is 11.7. The molecule has 0 aliphatic carbocycles. The third-order valence-electron chi connectivity index (χ3n) is 3.31. The van der Waals surface area contributed by atoms with Crippen LogP contribution >= 0.6 is 11.3 Å². The monoisotopic (exact) mass is 331 g/mol. The maximum Gasteiger partial charge on any atom is 0.244 e. The summed E-state index contributed by atoms with van der Waals surface area (Å²) >= 11 is 1.49. The first-order chi connectivity index (χ1) is 11.1. The Balaban J connectivity index is 1.74. The smallest absolute Gasteiger partial charge is 0.244 e. The van der Waals surface area contributed by atoms with Crippen molar-refractivity contribution in [1.82, 2.24) is 5.32 Å². The number of ether oxygens (including phenoxy) is 1. The van der Waals surface area contributed by atoms with Gasteiger partial charge >= 0.3 is 0 Å². The summed E-state index contributed by atoms with van der Waals surface area (Å²) in [6.07, 6.45) is 3.23. The zero-order valence-corrected chi connectivity index (χ0v) is 14.2. The number of benzene rings is 1. The fraction of sp³-hybridized carbons (Fsp3) is 0.278. The lowest BCUT2D eigenvalue weighted by Crippen LogP contribution is -2.26. The van der Waals surface area contributed by atoms with Crippen molar-refractivity contribution in [1.29, 1.82) is 0 Å². The van der Waals surface area contributed by atoms with Gasteiger partial charge in [-0.1, -0.05) is 18.2 Å². The molecule has 0 aliphatic heterocycles. The standard InChI is InChI=1S/C18H21NO3S/c1-13-4-3-5-14(2)18(13)22-9-8-19-17(21)7-6-16-10-15(11-20)12-23-16/h3-7,10,12,20H,8-9,11H2,1-2H3,(H,19,21). The van der Waals surface area contributed by atoms with Crippen molar-refractivity contribution in [3.05, 3.63) is 57.3 Å². The Morgan fingerprint density at radius 2 is 2.09 bits per heavy atom. The highest BCUT2D eigenvalue weighted by atomic mass is 32.1. The number of thiophene rings is 1. The molecule has 0 saturated carbocycles. The van der Waals surface area contributed by atoms with Crippen LogP contribution in [0.1, 0.15) is 21.6 Å². The van der Waals surface area contributed by atoms with Crippen molar-refractivity contribution >= 4 is 23.3 Å². The molecule has 1 heterocycles. The quantitative estimate of drug-likeness (QED) is 0.605. The Morgan fingerprint density at radius 1 is 1.35 bits per heavy atom. The molecule has 1 aromatic carbocycles. The van der Waals surface area contributed by atoms with E-state index in [0.29, 0.717) is 13.2 Å². The zero-order valence-electron chi connectivity index (χ0n) is 13.3. The first kappa shape index (κ1) is 17.2. The molecule has 5 heteroatoms. The molecule has 0 unspecified atom stereocenters. The minimum absolute atomic E-state index is 0.0200. The summed E-state index contributed by atoms with van der Waals surface area (Å²) in [6, 6.07) is 7.87. The van der Waals surface area contributed by atoms with Crippen LogP contribution in [0.3, 0.4) is 0 Å². The highest BCUT2D eigenvalue weighted by Crippen LogP contribution is 2.21. The number of hydrogen-bond acceptors (Lipinski definition) is 4. The summed E-state index contributed by atoms with van der Waals surface area (Å²) in [5.74, 6) is 0.724. The van der Waals surface area contributed by atoms with Crippen molar-refractivity contribution < 1.29 is 14.6 Å². The number of hydrogen-bond donors (Lipinski definition) is 2. The highest BCUT2D eigenvalue weighted by Gasteiger charge is 2.03. The Bertz CT molecular complexity index is 671. The van der Waals surface area contributed by atoms with Crippen LogP contribution in [0.4, 0.5) is 0 Å². The van der Waals surface area contributed by atoms with Crippen molar-refractivity contribution in [2.45, 2.75) is 20.5 Å². The van der Waals surface area contributed by atoms with Gasteiger partial charge in [0, 0.05) is 11.0 Å². The fourth-order valence-corrected chi connectivity index (χ4v) is 2.93. The number of para-hydroxylation sites is 1. The second kappa shape index (κ2) is 8.50. The number of aryl methyl sites for hydroxylation is 2. The third kappa shape index (κ3) is 5.23. The van der Waals surface area contributed by atoms with E-state index in [-0.39, 0.29) is 12.5 Å². The summed E-state index contributed by atoms with van der Waals surface area (Å²) in [7, 11) is 0. The molecular weight excluding hydrogens is 310 g/mol. The molecule has 0 atom stereocenters. The van der Waals surface area contributed by atoms with Crippen LogP contribution in [0.15, 0.2) is 35.7 Å². The molecule has 0 spiro atoms. The summed E-state index contributed by atoms with van der Waals surface area (Å²) in [4.78, 5) is 12.7. The molecule has 0 saturated heterocycles. The number of rotatable bonds is 7. The molecular formula is C18H21NO3S. The van der Waals surface area contributed by atoms with Crippen LogP contribution in [0.2, 0.25) is 0 Å². The van der Waals surface area contributed by atoms with Gasteiger partial charge in [0.25, 0.3) is 0 Å². The van der Waals surface area contributed by atoms with E-state index in [4.69, 9.17) is 9.84 Å². The summed E-state index contributed by atoms with van der Waals surface area (Å²) in [5.41, 5.74) is 3.04. The van der Waals surface area contributed by atoms with E-state index in [2.05, 4.69) is 5.32 Å². The number of amides is 1. The number of aliphatic hydroxyl groups excluding tert-OH is 1. The minimum Gasteiger partial charge on any atom is -0.491 e. The topological polar surface area (TPSA) is 58.6 Å². The Kier molecular flexibility index (Phi) is 6.38. The Morgan fingerprint density at radius 3 is 2.74 bits per heavy atom. The van der Waals surface area contributed by atoms with E-state index in [1.165, 1.54) is 17.4 Å². The minimum atomic E-state index is -0.158. The van der Waals surface area contributed by atoms with Crippen LogP contribution < -0.4 is 10.1 Å². The van der Waals surface area contributed by atoms with Gasteiger partial charge in [-0.15, -0.1) is 11.3 Å². The first-order valence-corrected chi connectivity index (χ1v) is 8.31. The third-order valence-corrected chi connectivity index (χ3v) is 4.26. The van der Waals surface area contributed by atoms with E-state index >= 15 is 0 Å². The average Bonchev–Trinajstić information content (AvgIpc) is 3.00. The van der Waals surface area contributed by atoms with Gasteiger partial charge in [0.05, 0.1) is 13.2 Å². The van der Waals surface area contributed by atoms with Gasteiger partial charge < -0.3 is 15.2 Å². The van der Waals surface area contributed by atoms with E-state index in [9.17, 15) is 4.79 Å². The predicted octanol–water partition coefficient (Wildman–Crippen LogP) is 3.07. The van der Waals surface area contributed by atoms with E-state index in [1.54, 1.807) is 6.08 Å². The molecule has 4 nitrogen and oxygen atoms in total. The maximum atomic E-state index is 11.7. The molecule has 0 fully saturated rings. The van der Waals surface area contributed by atoms with Crippen molar-refractivity contribution in [2.75, 3.05) is 13.2 Å². The lowest BCUT2D eigenvalue weighted by molar-refractivity contribution is -0.116. The molecule has 2 rings (SSSR count). The molecule has 23 heavy (non-hydrogen) atoms. The van der Waals surface area contributed by atoms with Gasteiger partial charge in [-0.05, 0) is 48.1 Å². The van der Waals surface area contributed by atoms with Crippen LogP contribution in [-0.4, -0.2) is 24.2 Å². The van der Waals surface area contributed by atoms with Crippen LogP contribution in [0.5, 0.6) is 5.75 Å². The van der Waals surface area contributed by atoms with Crippen LogP contribution in [0.25, 0.3) is 6.08 Å². The molecule has 1 amide bonds. The summed E-state index contributed by atoms with van der Waals surface area (Å²) < 4.78 is 5.73. The largest absolute Gasteiger partial charge is 0.491 e. The summed E-state index contributed by atoms with van der Waals surface area (Å²) in [5, 5.41) is 13.7. The molecule has 1 aromatic heterocycles. The molecule has 0 radical (unpaired) electrons.